The zero-order chi connectivity index (χ0) is 14.1. The number of nitrogens with zero attached hydrogens (tertiary/aromatic N) is 2. The minimum Gasteiger partial charge on any atom is -0.480 e. The van der Waals surface area contributed by atoms with Crippen LogP contribution in [0.25, 0.3) is 0 Å². The smallest absolute Gasteiger partial charge is 0.326 e. The van der Waals surface area contributed by atoms with Gasteiger partial charge >= 0.3 is 5.97 Å². The van der Waals surface area contributed by atoms with Crippen LogP contribution in [-0.2, 0) is 22.6 Å². The van der Waals surface area contributed by atoms with Crippen molar-refractivity contribution in [2.24, 2.45) is 5.92 Å². The summed E-state index contributed by atoms with van der Waals surface area (Å²) in [6.45, 7) is 1.87. The molecular formula is C13H18N4O3. The average Bonchev–Trinajstić information content (AvgIpc) is 2.93. The molecule has 3 N–H and O–H groups in total. The van der Waals surface area contributed by atoms with Crippen LogP contribution in [0.1, 0.15) is 24.2 Å². The van der Waals surface area contributed by atoms with Gasteiger partial charge in [-0.3, -0.25) is 4.79 Å². The number of piperidine rings is 1. The maximum absolute atomic E-state index is 12.6. The molecule has 1 fully saturated rings. The Morgan fingerprint density at radius 2 is 2.30 bits per heavy atom. The van der Waals surface area contributed by atoms with Gasteiger partial charge in [0.25, 0.3) is 0 Å². The molecule has 0 radical (unpaired) electrons. The minimum absolute atomic E-state index is 0.0650. The summed E-state index contributed by atoms with van der Waals surface area (Å²) in [5, 5.41) is 12.6. The predicted molar refractivity (Wildman–Crippen MR) is 69.9 cm³/mol. The summed E-state index contributed by atoms with van der Waals surface area (Å²) < 4.78 is 0. The monoisotopic (exact) mass is 278 g/mol. The van der Waals surface area contributed by atoms with Crippen molar-refractivity contribution in [1.29, 1.82) is 0 Å². The number of nitrogens with one attached hydrogen (secondary N) is 2. The van der Waals surface area contributed by atoms with Crippen LogP contribution < -0.4 is 5.32 Å². The number of imidazole rings is 1. The summed E-state index contributed by atoms with van der Waals surface area (Å²) in [7, 11) is 0. The first-order valence-corrected chi connectivity index (χ1v) is 6.92. The van der Waals surface area contributed by atoms with Gasteiger partial charge in [-0.2, -0.15) is 0 Å². The molecule has 1 saturated heterocycles. The van der Waals surface area contributed by atoms with E-state index >= 15 is 0 Å². The molecule has 0 bridgehead atoms. The van der Waals surface area contributed by atoms with Crippen molar-refractivity contribution in [3.05, 3.63) is 17.7 Å². The number of fused-ring (bicyclic) bond motifs is 1. The fourth-order valence-electron chi connectivity index (χ4n) is 2.99. The second-order valence-corrected chi connectivity index (χ2v) is 5.40. The molecule has 1 aromatic rings. The second kappa shape index (κ2) is 5.24. The van der Waals surface area contributed by atoms with Gasteiger partial charge in [0.05, 0.1) is 30.2 Å². The van der Waals surface area contributed by atoms with Crippen molar-refractivity contribution in [2.75, 3.05) is 13.1 Å². The zero-order valence-electron chi connectivity index (χ0n) is 11.1. The van der Waals surface area contributed by atoms with Gasteiger partial charge in [0, 0.05) is 13.0 Å². The fourth-order valence-corrected chi connectivity index (χ4v) is 2.99. The van der Waals surface area contributed by atoms with Gasteiger partial charge in [-0.1, -0.05) is 0 Å². The van der Waals surface area contributed by atoms with E-state index in [0.29, 0.717) is 13.1 Å². The summed E-state index contributed by atoms with van der Waals surface area (Å²) >= 11 is 0. The van der Waals surface area contributed by atoms with Crippen LogP contribution >= 0.6 is 0 Å². The van der Waals surface area contributed by atoms with Crippen LogP contribution in [0.5, 0.6) is 0 Å². The second-order valence-electron chi connectivity index (χ2n) is 5.40. The largest absolute Gasteiger partial charge is 0.480 e. The number of rotatable bonds is 2. The number of carbonyl (C=O) groups is 2. The highest BCUT2D eigenvalue weighted by molar-refractivity contribution is 5.86. The Hall–Kier alpha value is -1.89. The lowest BCUT2D eigenvalue weighted by atomic mass is 9.94. The lowest BCUT2D eigenvalue weighted by Gasteiger charge is -2.35. The van der Waals surface area contributed by atoms with Gasteiger partial charge in [-0.05, 0) is 19.4 Å². The van der Waals surface area contributed by atoms with E-state index in [1.807, 2.05) is 0 Å². The molecule has 0 aromatic carbocycles. The van der Waals surface area contributed by atoms with Gasteiger partial charge in [-0.15, -0.1) is 0 Å². The molecule has 3 rings (SSSR count). The summed E-state index contributed by atoms with van der Waals surface area (Å²) in [6, 6.07) is -0.805. The van der Waals surface area contributed by atoms with Gasteiger partial charge in [0.15, 0.2) is 0 Å². The van der Waals surface area contributed by atoms with Gasteiger partial charge in [0.2, 0.25) is 5.91 Å². The van der Waals surface area contributed by atoms with Crippen molar-refractivity contribution < 1.29 is 14.7 Å². The Balaban J connectivity index is 1.82. The number of carbonyl (C=O) groups excluding carboxylic acids is 1. The third-order valence-electron chi connectivity index (χ3n) is 4.11. The molecule has 3 heterocycles. The first-order valence-electron chi connectivity index (χ1n) is 6.92. The van der Waals surface area contributed by atoms with E-state index < -0.39 is 12.0 Å². The molecule has 1 aromatic heterocycles. The molecule has 7 heteroatoms. The molecule has 2 aliphatic heterocycles. The first kappa shape index (κ1) is 13.1. The maximum atomic E-state index is 12.6. The molecule has 2 aliphatic rings. The molecule has 2 unspecified atom stereocenters. The fraction of sp³-hybridized carbons (Fsp3) is 0.615. The van der Waals surface area contributed by atoms with Crippen molar-refractivity contribution in [2.45, 2.75) is 31.8 Å². The van der Waals surface area contributed by atoms with E-state index in [0.717, 1.165) is 30.8 Å². The minimum atomic E-state index is -0.962. The number of hydrogen-bond acceptors (Lipinski definition) is 4. The van der Waals surface area contributed by atoms with Gasteiger partial charge in [0.1, 0.15) is 6.04 Å². The number of aromatic nitrogens is 2. The number of H-pyrrole nitrogens is 1. The Morgan fingerprint density at radius 1 is 1.45 bits per heavy atom. The third kappa shape index (κ3) is 2.29. The number of carboxylic acid groups (broad SMARTS) is 1. The first-order chi connectivity index (χ1) is 9.66. The number of amides is 1. The zero-order valence-corrected chi connectivity index (χ0v) is 11.1. The molecule has 0 saturated carbocycles. The van der Waals surface area contributed by atoms with E-state index in [1.165, 1.54) is 4.90 Å². The Labute approximate surface area is 116 Å². The van der Waals surface area contributed by atoms with E-state index in [2.05, 4.69) is 15.3 Å². The lowest BCUT2D eigenvalue weighted by molar-refractivity contribution is -0.153. The summed E-state index contributed by atoms with van der Waals surface area (Å²) in [5.74, 6) is -1.14. The number of aromatic amines is 1. The van der Waals surface area contributed by atoms with Crippen molar-refractivity contribution in [3.63, 3.8) is 0 Å². The molecule has 108 valence electrons. The Kier molecular flexibility index (Phi) is 3.43. The standard InChI is InChI=1S/C13H18N4O3/c18-12(8-2-1-3-14-5-8)17-6-10-9(15-7-16-10)4-11(17)13(19)20/h7-8,11,14H,1-6H2,(H,15,16)(H,19,20). The molecule has 0 spiro atoms. The van der Waals surface area contributed by atoms with Crippen molar-refractivity contribution >= 4 is 11.9 Å². The van der Waals surface area contributed by atoms with Crippen LogP contribution in [0.15, 0.2) is 6.33 Å². The van der Waals surface area contributed by atoms with Gasteiger partial charge < -0.3 is 20.3 Å². The number of hydrogen-bond donors (Lipinski definition) is 3. The summed E-state index contributed by atoms with van der Waals surface area (Å²) in [4.78, 5) is 32.6. The van der Waals surface area contributed by atoms with Crippen LogP contribution in [0.4, 0.5) is 0 Å². The highest BCUT2D eigenvalue weighted by Crippen LogP contribution is 2.24. The van der Waals surface area contributed by atoms with Crippen LogP contribution in [0.3, 0.4) is 0 Å². The SMILES string of the molecule is O=C(O)C1Cc2nc[nH]c2CN1C(=O)C1CCCNC1. The van der Waals surface area contributed by atoms with E-state index in [1.54, 1.807) is 6.33 Å². The highest BCUT2D eigenvalue weighted by Gasteiger charge is 2.38. The maximum Gasteiger partial charge on any atom is 0.326 e. The quantitative estimate of drug-likeness (QED) is 0.693. The van der Waals surface area contributed by atoms with E-state index in [9.17, 15) is 14.7 Å². The highest BCUT2D eigenvalue weighted by atomic mass is 16.4. The van der Waals surface area contributed by atoms with E-state index in [-0.39, 0.29) is 18.2 Å². The normalized spacial score (nSPS) is 26.1. The van der Waals surface area contributed by atoms with Gasteiger partial charge in [-0.25, -0.2) is 9.78 Å². The number of carboxylic acids is 1. The van der Waals surface area contributed by atoms with Crippen LogP contribution in [0, 0.1) is 5.92 Å². The van der Waals surface area contributed by atoms with Crippen molar-refractivity contribution in [1.82, 2.24) is 20.2 Å². The summed E-state index contributed by atoms with van der Waals surface area (Å²) in [5.41, 5.74) is 1.60. The average molecular weight is 278 g/mol. The molecule has 1 amide bonds. The Morgan fingerprint density at radius 3 is 3.00 bits per heavy atom. The molecule has 2 atom stereocenters. The van der Waals surface area contributed by atoms with Crippen LogP contribution in [0.2, 0.25) is 0 Å². The summed E-state index contributed by atoms with van der Waals surface area (Å²) in [6.07, 6.45) is 3.61. The molecule has 7 nitrogen and oxygen atoms in total. The number of aliphatic carboxylic acids is 1. The molecular weight excluding hydrogens is 260 g/mol. The topological polar surface area (TPSA) is 98.3 Å². The van der Waals surface area contributed by atoms with Crippen molar-refractivity contribution in [3.8, 4) is 0 Å². The lowest BCUT2D eigenvalue weighted by Crippen LogP contribution is -2.52. The third-order valence-corrected chi connectivity index (χ3v) is 4.11. The molecule has 20 heavy (non-hydrogen) atoms. The van der Waals surface area contributed by atoms with E-state index in [4.69, 9.17) is 0 Å². The Bertz CT molecular complexity index is 521. The van der Waals surface area contributed by atoms with Crippen LogP contribution in [-0.4, -0.2) is 51.0 Å². The predicted octanol–water partition coefficient (Wildman–Crippen LogP) is -0.253. The molecule has 0 aliphatic carbocycles.